The van der Waals surface area contributed by atoms with Crippen molar-refractivity contribution in [2.24, 2.45) is 0 Å². The molecule has 804 valence electrons. The third-order valence-corrected chi connectivity index (χ3v) is 25.6. The third kappa shape index (κ3) is 46.7. The van der Waals surface area contributed by atoms with Gasteiger partial charge in [-0.15, -0.1) is 0 Å². The Morgan fingerprint density at radius 3 is 1.26 bits per heavy atom. The van der Waals surface area contributed by atoms with E-state index in [1.54, 1.807) is 129 Å². The van der Waals surface area contributed by atoms with Gasteiger partial charge in [-0.2, -0.15) is 47.0 Å². The molecule has 12 atom stereocenters. The zero-order valence-corrected chi connectivity index (χ0v) is 92.0. The van der Waals surface area contributed by atoms with Gasteiger partial charge in [0.25, 0.3) is 0 Å². The van der Waals surface area contributed by atoms with Gasteiger partial charge in [0.05, 0.1) is 26.2 Å². The molecule has 0 radical (unpaired) electrons. The first kappa shape index (κ1) is 131. The van der Waals surface area contributed by atoms with Gasteiger partial charge in [0.15, 0.2) is 0 Å². The van der Waals surface area contributed by atoms with Gasteiger partial charge in [-0.05, 0) is 128 Å². The van der Waals surface area contributed by atoms with Crippen LogP contribution in [0.3, 0.4) is 0 Å². The highest BCUT2D eigenvalue weighted by Crippen LogP contribution is 2.28. The number of carboxylic acids is 1. The molecule has 141 heavy (non-hydrogen) atoms. The van der Waals surface area contributed by atoms with Gasteiger partial charge in [0.1, 0.15) is 109 Å². The van der Waals surface area contributed by atoms with Crippen LogP contribution >= 0.6 is 68.6 Å². The highest BCUT2D eigenvalue weighted by molar-refractivity contribution is 8.76. The number of methoxy groups -OCH3 is 1. The van der Waals surface area contributed by atoms with Crippen molar-refractivity contribution in [3.8, 4) is 0 Å². The maximum absolute atomic E-state index is 14.6. The van der Waals surface area contributed by atoms with Crippen molar-refractivity contribution in [2.75, 3.05) is 210 Å². The number of carbonyl (C=O) groups is 21. The Kier molecular flexibility index (Phi) is 58.3. The molecule has 1 aliphatic rings. The number of ether oxygens (including phenoxy) is 6. The van der Waals surface area contributed by atoms with Gasteiger partial charge in [0, 0.05) is 138 Å². The standard InChI is InChI=1S/C47H82N10O15S2.C40H70N10O13S4/c1-19-22-70-45(68)57(15)32(21-3)42(65)56(14)34(28-74-18)40(63)52(10)25-29(50-43(66)71-46(4,5)6)37(60)48-23-35(58)54(12)31(20-2)41(64)55(13)33(27-73-17)39(62)53(11)26-30(38(61)49-24-36(59)69-16)51-44(67)72-47(7,8)9;1-39(2,3)62-37(60)44-23-17-46(8)34(57)26(20-64-13)49(11)33(56)25(41-7)19-66-67-22-28(48(10)29(51)15-42-31(23)54)36(59)50(12)27(21-65-14)35(58)47(9)18-24(32(55)43-16-30(52)53)45-38(61)63-40(4,5)6/h19,29-34H,1,20-28H2,2-18H3,(H,48,60)(H,49,61)(H,50,66)(H,51,67);23-28,41H,15-22H2,1-14H3,(H,42,54)(H,43,55)(H,44,60)(H,45,61)(H,52,53)/t29-,30-,31+,32+,33+,34+;23-,24+,25+,26+,27+,28+/m11/s1. The number of aliphatic carboxylic acids is 1. The predicted molar refractivity (Wildman–Crippen MR) is 539 cm³/mol. The molecule has 0 bridgehead atoms. The van der Waals surface area contributed by atoms with Crippen LogP contribution in [-0.4, -0.2) is 489 Å². The van der Waals surface area contributed by atoms with Crippen LogP contribution in [0.25, 0.3) is 0 Å². The lowest BCUT2D eigenvalue weighted by Gasteiger charge is -2.36. The highest BCUT2D eigenvalue weighted by Gasteiger charge is 2.44. The summed E-state index contributed by atoms with van der Waals surface area (Å²) in [6.07, 6.45) is 3.83. The van der Waals surface area contributed by atoms with Crippen LogP contribution in [0.15, 0.2) is 12.7 Å². The van der Waals surface area contributed by atoms with E-state index >= 15 is 0 Å². The fraction of sp³-hybridized carbons (Fsp3) is 0.736. The fourth-order valence-corrected chi connectivity index (χ4v) is 18.1. The van der Waals surface area contributed by atoms with Crippen molar-refractivity contribution < 1.29 is 134 Å². The van der Waals surface area contributed by atoms with Crippen LogP contribution in [0.1, 0.15) is 110 Å². The number of amides is 19. The lowest BCUT2D eigenvalue weighted by molar-refractivity contribution is -0.149. The van der Waals surface area contributed by atoms with Crippen molar-refractivity contribution in [1.29, 1.82) is 0 Å². The Morgan fingerprint density at radius 2 is 0.887 bits per heavy atom. The largest absolute Gasteiger partial charge is 0.480 e. The summed E-state index contributed by atoms with van der Waals surface area (Å²) in [6.45, 7) is 21.8. The number of likely N-dealkylation sites (N-methyl/N-ethyl adjacent to an activating group) is 12. The van der Waals surface area contributed by atoms with Crippen LogP contribution in [0.2, 0.25) is 0 Å². The number of carbonyl (C=O) groups excluding carboxylic acids is 20. The molecule has 0 aliphatic carbocycles. The van der Waals surface area contributed by atoms with E-state index in [0.717, 1.165) is 41.4 Å². The maximum atomic E-state index is 14.6. The summed E-state index contributed by atoms with van der Waals surface area (Å²) in [5.41, 5.74) is -3.84. The number of rotatable bonds is 43. The summed E-state index contributed by atoms with van der Waals surface area (Å²) >= 11 is 5.06. The van der Waals surface area contributed by atoms with E-state index in [4.69, 9.17) is 28.8 Å². The number of esters is 1. The van der Waals surface area contributed by atoms with E-state index in [1.165, 1.54) is 172 Å². The number of alkyl carbamates (subject to hydrolysis) is 4. The number of nitrogens with one attached hydrogen (secondary N) is 9. The lowest BCUT2D eigenvalue weighted by Crippen LogP contribution is -2.60. The predicted octanol–water partition coefficient (Wildman–Crippen LogP) is -0.0580. The minimum Gasteiger partial charge on any atom is -0.480 e. The summed E-state index contributed by atoms with van der Waals surface area (Å²) < 4.78 is 31.0. The second-order valence-corrected chi connectivity index (χ2v) is 42.6. The molecule has 1 saturated heterocycles. The summed E-state index contributed by atoms with van der Waals surface area (Å²) in [4.78, 5) is 294. The van der Waals surface area contributed by atoms with E-state index in [1.807, 2.05) is 0 Å². The number of hydrogen-bond donors (Lipinski definition) is 10. The first-order valence-corrected chi connectivity index (χ1v) is 52.7. The maximum Gasteiger partial charge on any atom is 0.410 e. The molecule has 1 aliphatic heterocycles. The SMILES string of the molecule is C=CCOC(=O)N(C)[C@@H](CC)C(=O)N(C)[C@@H](CSC)C(=O)N(C)C[C@@H](NC(=O)OC(C)(C)C)C(=O)NCC(=O)N(C)[C@@H](CC)C(=O)N(C)[C@@H](CSC)C(=O)N(C)C[C@@H](NC(=O)OC(C)(C)C)C(=O)NCC(=O)OC.CN[C@H]1CSSC[C@@H](C(=O)N(C)[C@@H](CSC)C(=O)N(C)C[C@H](NC(=O)OC(C)(C)C)C(=O)NCC(=O)O)N(C)C(=O)CNC(=O)[C@H](NC(=O)OC(C)(C)C)CN(C)C(=O)[C@H](CSC)N(C)C1=O. The minimum absolute atomic E-state index is 0.0448. The van der Waals surface area contributed by atoms with Crippen LogP contribution in [0, 0.1) is 0 Å². The molecular weight excluding hydrogens is 1970 g/mol. The van der Waals surface area contributed by atoms with Crippen LogP contribution < -0.4 is 47.9 Å². The van der Waals surface area contributed by atoms with Gasteiger partial charge in [-0.3, -0.25) is 81.6 Å². The number of hydrogen-bond acceptors (Lipinski definition) is 34. The van der Waals surface area contributed by atoms with E-state index in [0.29, 0.717) is 0 Å². The van der Waals surface area contributed by atoms with Crippen molar-refractivity contribution in [2.45, 2.75) is 205 Å². The Bertz CT molecular complexity index is 4260. The normalized spacial score (nSPS) is 16.9. The molecule has 48 nitrogen and oxygen atoms in total. The quantitative estimate of drug-likeness (QED) is 0.0165. The fourth-order valence-electron chi connectivity index (χ4n) is 12.9. The number of nitrogens with zero attached hydrogens (tertiary/aromatic N) is 11. The zero-order valence-electron chi connectivity index (χ0n) is 87.1. The molecule has 54 heteroatoms. The third-order valence-electron chi connectivity index (χ3n) is 20.6. The Morgan fingerprint density at radius 1 is 0.504 bits per heavy atom. The molecular formula is C87H152N20O28S6. The molecule has 1 rings (SSSR count). The van der Waals surface area contributed by atoms with Crippen molar-refractivity contribution >= 4 is 194 Å². The number of thioether (sulfide) groups is 4. The zero-order chi connectivity index (χ0) is 109. The monoisotopic (exact) mass is 2120 g/mol. The molecule has 0 aromatic carbocycles. The molecule has 0 unspecified atom stereocenters. The molecule has 0 aromatic rings. The molecule has 0 spiro atoms. The second-order valence-electron chi connectivity index (χ2n) is 36.5. The Labute approximate surface area is 852 Å². The first-order chi connectivity index (χ1) is 65.3. The van der Waals surface area contributed by atoms with Crippen molar-refractivity contribution in [1.82, 2.24) is 102 Å². The lowest BCUT2D eigenvalue weighted by atomic mass is 10.1. The molecule has 0 saturated carbocycles. The van der Waals surface area contributed by atoms with E-state index in [-0.39, 0.29) is 60.5 Å². The van der Waals surface area contributed by atoms with E-state index in [2.05, 4.69) is 59.2 Å². The van der Waals surface area contributed by atoms with Gasteiger partial charge >= 0.3 is 42.4 Å². The molecule has 1 heterocycles. The average Bonchev–Trinajstić information content (AvgIpc) is 0.826. The molecule has 10 N–H and O–H groups in total. The Balaban J connectivity index is 0.00000279. The Hall–Kier alpha value is -10.3. The van der Waals surface area contributed by atoms with Gasteiger partial charge in [0.2, 0.25) is 82.7 Å². The molecule has 1 fully saturated rings. The molecule has 0 aromatic heterocycles. The average molecular weight is 2120 g/mol. The van der Waals surface area contributed by atoms with Gasteiger partial charge in [-0.25, -0.2) is 24.0 Å². The number of carboxylic acid groups (broad SMARTS) is 1. The van der Waals surface area contributed by atoms with Gasteiger partial charge in [-0.1, -0.05) is 48.1 Å². The summed E-state index contributed by atoms with van der Waals surface area (Å²) in [7, 11) is 20.3. The van der Waals surface area contributed by atoms with E-state index < -0.39 is 266 Å². The summed E-state index contributed by atoms with van der Waals surface area (Å²) in [5.74, 6) is -11.2. The van der Waals surface area contributed by atoms with Crippen LogP contribution in [0.5, 0.6) is 0 Å². The molecule has 19 amide bonds. The highest BCUT2D eigenvalue weighted by atomic mass is 33.1. The second kappa shape index (κ2) is 63.0. The first-order valence-electron chi connectivity index (χ1n) is 44.6. The smallest absolute Gasteiger partial charge is 0.410 e. The van der Waals surface area contributed by atoms with Crippen molar-refractivity contribution in [3.63, 3.8) is 0 Å². The van der Waals surface area contributed by atoms with Crippen LogP contribution in [-0.2, 0) is 105 Å². The van der Waals surface area contributed by atoms with Gasteiger partial charge < -0.3 is 130 Å². The van der Waals surface area contributed by atoms with Crippen molar-refractivity contribution in [3.05, 3.63) is 12.7 Å². The topological polar surface area (TPSA) is 578 Å². The van der Waals surface area contributed by atoms with E-state index in [9.17, 15) is 101 Å². The summed E-state index contributed by atoms with van der Waals surface area (Å²) in [6, 6.07) is -14.4. The summed E-state index contributed by atoms with van der Waals surface area (Å²) in [5, 5.41) is 31.3. The minimum atomic E-state index is -1.51. The van der Waals surface area contributed by atoms with Crippen LogP contribution in [0.4, 0.5) is 24.0 Å².